The highest BCUT2D eigenvalue weighted by atomic mass is 16.3. The van der Waals surface area contributed by atoms with E-state index in [9.17, 15) is 9.90 Å². The number of hydrogen-bond donors (Lipinski definition) is 3. The molecule has 0 aliphatic heterocycles. The first-order valence-corrected chi connectivity index (χ1v) is 6.11. The summed E-state index contributed by atoms with van der Waals surface area (Å²) in [6, 6.07) is 9.86. The lowest BCUT2D eigenvalue weighted by Gasteiger charge is -2.11. The Kier molecular flexibility index (Phi) is 4.09. The van der Waals surface area contributed by atoms with Crippen LogP contribution in [0.1, 0.15) is 11.3 Å². The normalized spacial score (nSPS) is 12.5. The Labute approximate surface area is 111 Å². The number of hydrogen-bond acceptors (Lipinski definition) is 4. The summed E-state index contributed by atoms with van der Waals surface area (Å²) in [4.78, 5) is 15.2. The number of pyridine rings is 1. The number of nitrogens with zero attached hydrogens (tertiary/aromatic N) is 1. The van der Waals surface area contributed by atoms with Gasteiger partial charge >= 0.3 is 0 Å². The molecule has 1 aromatic carbocycles. The third-order valence-electron chi connectivity index (χ3n) is 2.91. The summed E-state index contributed by atoms with van der Waals surface area (Å²) < 4.78 is 0. The Morgan fingerprint density at radius 2 is 2.21 bits per heavy atom. The number of carbonyl (C=O) groups is 1. The second-order valence-corrected chi connectivity index (χ2v) is 4.49. The molecule has 1 heterocycles. The summed E-state index contributed by atoms with van der Waals surface area (Å²) in [5.74, 6) is -0.719. The van der Waals surface area contributed by atoms with Gasteiger partial charge in [0.1, 0.15) is 6.10 Å². The van der Waals surface area contributed by atoms with Crippen LogP contribution in [-0.2, 0) is 11.3 Å². The molecular formula is C14H17N3O2. The molecule has 0 spiro atoms. The first kappa shape index (κ1) is 13.5. The summed E-state index contributed by atoms with van der Waals surface area (Å²) in [5, 5.41) is 13.4. The lowest BCUT2D eigenvalue weighted by atomic mass is 10.1. The molecule has 1 unspecified atom stereocenters. The van der Waals surface area contributed by atoms with Crippen molar-refractivity contribution in [1.82, 2.24) is 10.3 Å². The van der Waals surface area contributed by atoms with E-state index in [0.29, 0.717) is 6.54 Å². The third kappa shape index (κ3) is 3.27. The zero-order valence-corrected chi connectivity index (χ0v) is 10.8. The number of primary amides is 1. The molecule has 1 aromatic heterocycles. The molecule has 0 saturated carbocycles. The van der Waals surface area contributed by atoms with Gasteiger partial charge in [-0.15, -0.1) is 0 Å². The number of rotatable bonds is 5. The van der Waals surface area contributed by atoms with E-state index >= 15 is 0 Å². The molecule has 19 heavy (non-hydrogen) atoms. The van der Waals surface area contributed by atoms with Crippen LogP contribution in [-0.4, -0.2) is 28.6 Å². The van der Waals surface area contributed by atoms with Gasteiger partial charge in [0.05, 0.1) is 5.52 Å². The van der Waals surface area contributed by atoms with Gasteiger partial charge in [-0.3, -0.25) is 9.78 Å². The van der Waals surface area contributed by atoms with E-state index in [1.165, 1.54) is 0 Å². The van der Waals surface area contributed by atoms with Crippen molar-refractivity contribution in [3.8, 4) is 0 Å². The smallest absolute Gasteiger partial charge is 0.247 e. The minimum absolute atomic E-state index is 0.144. The van der Waals surface area contributed by atoms with E-state index in [2.05, 4.69) is 10.3 Å². The van der Waals surface area contributed by atoms with Crippen LogP contribution in [0.2, 0.25) is 0 Å². The van der Waals surface area contributed by atoms with E-state index in [0.717, 1.165) is 22.2 Å². The van der Waals surface area contributed by atoms with Gasteiger partial charge in [0.2, 0.25) is 5.91 Å². The van der Waals surface area contributed by atoms with Gasteiger partial charge in [-0.2, -0.15) is 0 Å². The van der Waals surface area contributed by atoms with E-state index in [-0.39, 0.29) is 6.54 Å². The third-order valence-corrected chi connectivity index (χ3v) is 2.91. The number of para-hydroxylation sites is 1. The molecule has 0 bridgehead atoms. The number of aryl methyl sites for hydroxylation is 1. The molecular weight excluding hydrogens is 242 g/mol. The van der Waals surface area contributed by atoms with Crippen molar-refractivity contribution in [3.05, 3.63) is 41.6 Å². The quantitative estimate of drug-likeness (QED) is 0.728. The van der Waals surface area contributed by atoms with Gasteiger partial charge in [-0.25, -0.2) is 0 Å². The molecule has 0 aliphatic rings. The minimum atomic E-state index is -1.16. The highest BCUT2D eigenvalue weighted by molar-refractivity contribution is 5.82. The molecule has 5 nitrogen and oxygen atoms in total. The molecule has 5 heteroatoms. The second-order valence-electron chi connectivity index (χ2n) is 4.49. The van der Waals surface area contributed by atoms with E-state index in [4.69, 9.17) is 5.73 Å². The predicted molar refractivity (Wildman–Crippen MR) is 73.4 cm³/mol. The number of aromatic nitrogens is 1. The van der Waals surface area contributed by atoms with Crippen molar-refractivity contribution in [1.29, 1.82) is 0 Å². The maximum atomic E-state index is 10.7. The number of aliphatic hydroxyl groups is 1. The topological polar surface area (TPSA) is 88.2 Å². The summed E-state index contributed by atoms with van der Waals surface area (Å²) in [6.07, 6.45) is -1.16. The molecule has 0 fully saturated rings. The Hall–Kier alpha value is -1.98. The molecule has 1 atom stereocenters. The van der Waals surface area contributed by atoms with Crippen molar-refractivity contribution in [2.45, 2.75) is 19.6 Å². The fraction of sp³-hybridized carbons (Fsp3) is 0.286. The number of aliphatic hydroxyl groups excluding tert-OH is 1. The molecule has 0 saturated heterocycles. The van der Waals surface area contributed by atoms with Gasteiger partial charge in [0.25, 0.3) is 0 Å². The molecule has 0 aliphatic carbocycles. The Morgan fingerprint density at radius 1 is 1.47 bits per heavy atom. The van der Waals surface area contributed by atoms with Crippen molar-refractivity contribution >= 4 is 16.8 Å². The molecule has 2 aromatic rings. The van der Waals surface area contributed by atoms with Gasteiger partial charge < -0.3 is 16.2 Å². The zero-order valence-electron chi connectivity index (χ0n) is 10.8. The number of amides is 1. The van der Waals surface area contributed by atoms with Crippen molar-refractivity contribution < 1.29 is 9.90 Å². The average molecular weight is 259 g/mol. The van der Waals surface area contributed by atoms with Crippen LogP contribution in [0.5, 0.6) is 0 Å². The van der Waals surface area contributed by atoms with Crippen molar-refractivity contribution in [2.75, 3.05) is 6.54 Å². The SMILES string of the molecule is Cc1cc(CNCC(O)C(N)=O)c2ccccc2n1. The van der Waals surface area contributed by atoms with E-state index < -0.39 is 12.0 Å². The lowest BCUT2D eigenvalue weighted by Crippen LogP contribution is -2.37. The number of carbonyl (C=O) groups excluding carboxylic acids is 1. The summed E-state index contributed by atoms with van der Waals surface area (Å²) in [7, 11) is 0. The van der Waals surface area contributed by atoms with Crippen molar-refractivity contribution in [3.63, 3.8) is 0 Å². The van der Waals surface area contributed by atoms with Gasteiger partial charge in [-0.1, -0.05) is 18.2 Å². The zero-order chi connectivity index (χ0) is 13.8. The maximum Gasteiger partial charge on any atom is 0.247 e. The summed E-state index contributed by atoms with van der Waals surface area (Å²) in [6.45, 7) is 2.63. The first-order valence-electron chi connectivity index (χ1n) is 6.11. The molecule has 4 N–H and O–H groups in total. The fourth-order valence-electron chi connectivity index (χ4n) is 1.99. The lowest BCUT2D eigenvalue weighted by molar-refractivity contribution is -0.125. The van der Waals surface area contributed by atoms with Crippen LogP contribution in [0.4, 0.5) is 0 Å². The highest BCUT2D eigenvalue weighted by Crippen LogP contribution is 2.17. The van der Waals surface area contributed by atoms with Crippen LogP contribution in [0.25, 0.3) is 10.9 Å². The number of fused-ring (bicyclic) bond motifs is 1. The first-order chi connectivity index (χ1) is 9.08. The van der Waals surface area contributed by atoms with Crippen LogP contribution < -0.4 is 11.1 Å². The highest BCUT2D eigenvalue weighted by Gasteiger charge is 2.10. The predicted octanol–water partition coefficient (Wildman–Crippen LogP) is 0.479. The number of nitrogens with one attached hydrogen (secondary N) is 1. The maximum absolute atomic E-state index is 10.7. The largest absolute Gasteiger partial charge is 0.382 e. The van der Waals surface area contributed by atoms with Crippen molar-refractivity contribution in [2.24, 2.45) is 5.73 Å². The van der Waals surface area contributed by atoms with Gasteiger partial charge in [0, 0.05) is 24.2 Å². The van der Waals surface area contributed by atoms with Gasteiger partial charge in [0.15, 0.2) is 0 Å². The summed E-state index contributed by atoms with van der Waals surface area (Å²) in [5.41, 5.74) is 7.95. The van der Waals surface area contributed by atoms with Crippen LogP contribution >= 0.6 is 0 Å². The monoisotopic (exact) mass is 259 g/mol. The Balaban J connectivity index is 2.14. The summed E-state index contributed by atoms with van der Waals surface area (Å²) >= 11 is 0. The number of nitrogens with two attached hydrogens (primary N) is 1. The molecule has 1 amide bonds. The standard InChI is InChI=1S/C14H17N3O2/c1-9-6-10(7-16-8-13(18)14(15)19)11-4-2-3-5-12(11)17-9/h2-6,13,16,18H,7-8H2,1H3,(H2,15,19). The fourth-order valence-corrected chi connectivity index (χ4v) is 1.99. The molecule has 0 radical (unpaired) electrons. The van der Waals surface area contributed by atoms with E-state index in [1.54, 1.807) is 0 Å². The van der Waals surface area contributed by atoms with Crippen LogP contribution in [0.3, 0.4) is 0 Å². The molecule has 100 valence electrons. The van der Waals surface area contributed by atoms with Gasteiger partial charge in [-0.05, 0) is 24.6 Å². The minimum Gasteiger partial charge on any atom is -0.382 e. The second kappa shape index (κ2) is 5.77. The molecule has 2 rings (SSSR count). The Bertz CT molecular complexity index is 598. The average Bonchev–Trinajstić information content (AvgIpc) is 2.38. The number of benzene rings is 1. The van der Waals surface area contributed by atoms with Crippen LogP contribution in [0.15, 0.2) is 30.3 Å². The van der Waals surface area contributed by atoms with Crippen LogP contribution in [0, 0.1) is 6.92 Å². The Morgan fingerprint density at radius 3 is 2.95 bits per heavy atom. The van der Waals surface area contributed by atoms with E-state index in [1.807, 2.05) is 37.3 Å².